The summed E-state index contributed by atoms with van der Waals surface area (Å²) in [5.74, 6) is 1.49. The maximum absolute atomic E-state index is 4.57. The number of hydrogen-bond donors (Lipinski definition) is 1. The molecule has 0 saturated heterocycles. The second kappa shape index (κ2) is 4.97. The molecule has 0 atom stereocenters. The molecule has 0 aliphatic heterocycles. The molecule has 0 amide bonds. The summed E-state index contributed by atoms with van der Waals surface area (Å²) in [5, 5.41) is 7.25. The summed E-state index contributed by atoms with van der Waals surface area (Å²) in [5.41, 5.74) is 4.13. The number of nitrogens with zero attached hydrogens (tertiary/aromatic N) is 5. The molecule has 3 heterocycles. The molecule has 3 rings (SSSR count). The quantitative estimate of drug-likeness (QED) is 0.797. The summed E-state index contributed by atoms with van der Waals surface area (Å²) in [7, 11) is 1.84. The molecule has 0 aliphatic rings. The largest absolute Gasteiger partial charge is 0.373 e. The molecule has 0 bridgehead atoms. The van der Waals surface area contributed by atoms with Crippen LogP contribution in [0.15, 0.2) is 31.1 Å². The molecule has 0 aromatic carbocycles. The van der Waals surface area contributed by atoms with Gasteiger partial charge in [-0.05, 0) is 19.9 Å². The third-order valence-corrected chi connectivity index (χ3v) is 3.31. The Kier molecular flexibility index (Phi) is 3.13. The Hall–Kier alpha value is -2.76. The van der Waals surface area contributed by atoms with Crippen LogP contribution >= 0.6 is 0 Å². The van der Waals surface area contributed by atoms with Gasteiger partial charge in [-0.15, -0.1) is 0 Å². The van der Waals surface area contributed by atoms with Crippen LogP contribution in [-0.2, 0) is 0 Å². The van der Waals surface area contributed by atoms with Gasteiger partial charge in [0.1, 0.15) is 11.6 Å². The van der Waals surface area contributed by atoms with Crippen molar-refractivity contribution in [2.45, 2.75) is 13.8 Å². The topological polar surface area (TPSA) is 68.0 Å². The second-order valence-corrected chi connectivity index (χ2v) is 4.76. The highest BCUT2D eigenvalue weighted by atomic mass is 15.2. The van der Waals surface area contributed by atoms with Gasteiger partial charge < -0.3 is 5.32 Å². The van der Waals surface area contributed by atoms with E-state index < -0.39 is 0 Å². The van der Waals surface area contributed by atoms with Gasteiger partial charge in [-0.25, -0.2) is 19.5 Å². The zero-order valence-corrected chi connectivity index (χ0v) is 12.3. The molecular formula is C15H16N6. The number of fused-ring (bicyclic) bond motifs is 1. The van der Waals surface area contributed by atoms with Crippen LogP contribution in [0.3, 0.4) is 0 Å². The molecule has 21 heavy (non-hydrogen) atoms. The van der Waals surface area contributed by atoms with Crippen molar-refractivity contribution in [3.8, 4) is 0 Å². The van der Waals surface area contributed by atoms with Crippen molar-refractivity contribution in [2.75, 3.05) is 12.4 Å². The molecule has 0 aliphatic carbocycles. The third kappa shape index (κ3) is 2.24. The Labute approximate surface area is 122 Å². The zero-order chi connectivity index (χ0) is 15.0. The van der Waals surface area contributed by atoms with Crippen LogP contribution in [-0.4, -0.2) is 31.6 Å². The molecule has 106 valence electrons. The molecule has 0 fully saturated rings. The van der Waals surface area contributed by atoms with Gasteiger partial charge in [0.2, 0.25) is 0 Å². The van der Waals surface area contributed by atoms with Crippen LogP contribution in [0.5, 0.6) is 0 Å². The van der Waals surface area contributed by atoms with Gasteiger partial charge in [0.25, 0.3) is 0 Å². The Balaban J connectivity index is 2.13. The third-order valence-electron chi connectivity index (χ3n) is 3.31. The smallest absolute Gasteiger partial charge is 0.155 e. The minimum absolute atomic E-state index is 0.729. The zero-order valence-electron chi connectivity index (χ0n) is 12.3. The van der Waals surface area contributed by atoms with Crippen LogP contribution < -0.4 is 5.32 Å². The van der Waals surface area contributed by atoms with Gasteiger partial charge in [0.15, 0.2) is 5.65 Å². The van der Waals surface area contributed by atoms with Crippen LogP contribution in [0.2, 0.25) is 0 Å². The molecule has 0 radical (unpaired) electrons. The second-order valence-electron chi connectivity index (χ2n) is 4.76. The fourth-order valence-electron chi connectivity index (χ4n) is 2.36. The Morgan fingerprint density at radius 3 is 2.76 bits per heavy atom. The average molecular weight is 280 g/mol. The monoisotopic (exact) mass is 280 g/mol. The van der Waals surface area contributed by atoms with Gasteiger partial charge in [-0.2, -0.15) is 5.10 Å². The maximum Gasteiger partial charge on any atom is 0.155 e. The lowest BCUT2D eigenvalue weighted by Crippen LogP contribution is -2.06. The van der Waals surface area contributed by atoms with Crippen molar-refractivity contribution >= 4 is 17.0 Å². The summed E-state index contributed by atoms with van der Waals surface area (Å²) in [6.45, 7) is 8.00. The highest BCUT2D eigenvalue weighted by Gasteiger charge is 2.15. The molecule has 3 aromatic rings. The van der Waals surface area contributed by atoms with Crippen molar-refractivity contribution < 1.29 is 0 Å². The average Bonchev–Trinajstić information content (AvgIpc) is 2.93. The highest BCUT2D eigenvalue weighted by Crippen LogP contribution is 2.28. The van der Waals surface area contributed by atoms with Gasteiger partial charge >= 0.3 is 0 Å². The SMILES string of the molecule is C=C(c1ccn2nccc2n1)c1c(C)nc(C)nc1NC. The van der Waals surface area contributed by atoms with E-state index in [4.69, 9.17) is 0 Å². The Bertz CT molecular complexity index is 833. The van der Waals surface area contributed by atoms with E-state index in [0.29, 0.717) is 0 Å². The number of hydrogen-bond acceptors (Lipinski definition) is 5. The number of aromatic nitrogens is 5. The van der Waals surface area contributed by atoms with Crippen LogP contribution in [0.1, 0.15) is 22.8 Å². The number of anilines is 1. The summed E-state index contributed by atoms with van der Waals surface area (Å²) < 4.78 is 1.72. The normalized spacial score (nSPS) is 10.8. The van der Waals surface area contributed by atoms with E-state index in [-0.39, 0.29) is 0 Å². The van der Waals surface area contributed by atoms with Crippen molar-refractivity contribution in [3.05, 3.63) is 53.9 Å². The predicted octanol–water partition coefficient (Wildman–Crippen LogP) is 2.24. The fraction of sp³-hybridized carbons (Fsp3) is 0.200. The van der Waals surface area contributed by atoms with Crippen LogP contribution in [0.25, 0.3) is 11.2 Å². The van der Waals surface area contributed by atoms with Gasteiger partial charge in [0, 0.05) is 30.4 Å². The highest BCUT2D eigenvalue weighted by molar-refractivity contribution is 5.83. The molecule has 0 unspecified atom stereocenters. The van der Waals surface area contributed by atoms with E-state index in [2.05, 4.69) is 31.9 Å². The summed E-state index contributed by atoms with van der Waals surface area (Å²) >= 11 is 0. The van der Waals surface area contributed by atoms with Gasteiger partial charge in [-0.3, -0.25) is 0 Å². The Morgan fingerprint density at radius 2 is 2.00 bits per heavy atom. The molecule has 3 aromatic heterocycles. The van der Waals surface area contributed by atoms with Gasteiger partial charge in [-0.1, -0.05) is 6.58 Å². The van der Waals surface area contributed by atoms with E-state index >= 15 is 0 Å². The van der Waals surface area contributed by atoms with E-state index in [0.717, 1.165) is 39.8 Å². The van der Waals surface area contributed by atoms with E-state index in [9.17, 15) is 0 Å². The standard InChI is InChI=1S/C15H16N6/c1-9(12-6-8-21-13(20-12)5-7-17-21)14-10(2)18-11(3)19-15(14)16-4/h5-8H,1H2,2-4H3,(H,16,18,19). The minimum Gasteiger partial charge on any atom is -0.373 e. The van der Waals surface area contributed by atoms with Crippen molar-refractivity contribution in [2.24, 2.45) is 0 Å². The first kappa shape index (κ1) is 13.2. The predicted molar refractivity (Wildman–Crippen MR) is 82.2 cm³/mol. The first-order valence-electron chi connectivity index (χ1n) is 6.63. The van der Waals surface area contributed by atoms with Crippen molar-refractivity contribution in [3.63, 3.8) is 0 Å². The van der Waals surface area contributed by atoms with Crippen LogP contribution in [0.4, 0.5) is 5.82 Å². The summed E-state index contributed by atoms with van der Waals surface area (Å²) in [4.78, 5) is 13.4. The molecule has 0 spiro atoms. The lowest BCUT2D eigenvalue weighted by atomic mass is 10.0. The molecule has 0 saturated carbocycles. The summed E-state index contributed by atoms with van der Waals surface area (Å²) in [6, 6.07) is 3.75. The van der Waals surface area contributed by atoms with Crippen LogP contribution in [0, 0.1) is 13.8 Å². The van der Waals surface area contributed by atoms with Crippen molar-refractivity contribution in [1.29, 1.82) is 0 Å². The molecule has 6 heteroatoms. The molecule has 6 nitrogen and oxygen atoms in total. The Morgan fingerprint density at radius 1 is 1.19 bits per heavy atom. The lowest BCUT2D eigenvalue weighted by Gasteiger charge is -2.13. The maximum atomic E-state index is 4.57. The van der Waals surface area contributed by atoms with E-state index in [1.54, 1.807) is 10.7 Å². The fourth-order valence-corrected chi connectivity index (χ4v) is 2.36. The van der Waals surface area contributed by atoms with Gasteiger partial charge in [0.05, 0.1) is 17.6 Å². The molecular weight excluding hydrogens is 264 g/mol. The number of aryl methyl sites for hydroxylation is 2. The number of nitrogens with one attached hydrogen (secondary N) is 1. The first-order chi connectivity index (χ1) is 10.1. The van der Waals surface area contributed by atoms with E-state index in [1.807, 2.05) is 39.2 Å². The minimum atomic E-state index is 0.729. The first-order valence-corrected chi connectivity index (χ1v) is 6.63. The molecule has 1 N–H and O–H groups in total. The lowest BCUT2D eigenvalue weighted by molar-refractivity contribution is 0.935. The summed E-state index contributed by atoms with van der Waals surface area (Å²) in [6.07, 6.45) is 3.58. The van der Waals surface area contributed by atoms with Crippen molar-refractivity contribution in [1.82, 2.24) is 24.6 Å². The number of rotatable bonds is 3. The van der Waals surface area contributed by atoms with E-state index in [1.165, 1.54) is 0 Å².